The highest BCUT2D eigenvalue weighted by Crippen LogP contribution is 2.48. The van der Waals surface area contributed by atoms with E-state index in [4.69, 9.17) is 0 Å². The lowest BCUT2D eigenvalue weighted by Gasteiger charge is -2.45. The summed E-state index contributed by atoms with van der Waals surface area (Å²) in [6.07, 6.45) is 6.40. The Morgan fingerprint density at radius 2 is 0.785 bits per heavy atom. The predicted molar refractivity (Wildman–Crippen MR) is 281 cm³/mol. The highest BCUT2D eigenvalue weighted by Gasteiger charge is 2.45. The summed E-state index contributed by atoms with van der Waals surface area (Å²) in [6.45, 7) is 23.5. The van der Waals surface area contributed by atoms with Crippen molar-refractivity contribution in [2.75, 3.05) is 9.80 Å². The average Bonchev–Trinajstić information content (AvgIpc) is 3.31. The van der Waals surface area contributed by atoms with Crippen LogP contribution in [0.15, 0.2) is 158 Å². The lowest BCUT2D eigenvalue weighted by atomic mass is 9.33. The number of anilines is 6. The number of hydrogen-bond donors (Lipinski definition) is 0. The van der Waals surface area contributed by atoms with E-state index in [1.807, 2.05) is 0 Å². The van der Waals surface area contributed by atoms with Crippen LogP contribution in [0, 0.1) is 0 Å². The molecule has 328 valence electrons. The van der Waals surface area contributed by atoms with E-state index < -0.39 is 0 Å². The molecule has 3 aliphatic rings. The van der Waals surface area contributed by atoms with Crippen LogP contribution in [-0.4, -0.2) is 6.71 Å². The quantitative estimate of drug-likeness (QED) is 0.147. The summed E-state index contributed by atoms with van der Waals surface area (Å²) in [5.41, 5.74) is 20.9. The van der Waals surface area contributed by atoms with Crippen LogP contribution in [0.4, 0.5) is 34.1 Å². The monoisotopic (exact) mass is 851 g/mol. The minimum absolute atomic E-state index is 0.0199. The Hall–Kier alpha value is -5.80. The maximum absolute atomic E-state index is 2.63. The number of benzene rings is 7. The molecule has 0 radical (unpaired) electrons. The lowest BCUT2D eigenvalue weighted by molar-refractivity contribution is 0.444. The molecule has 1 saturated carbocycles. The topological polar surface area (TPSA) is 6.48 Å². The molecule has 0 N–H and O–H groups in total. The summed E-state index contributed by atoms with van der Waals surface area (Å²) in [5.74, 6) is 0.532. The van der Waals surface area contributed by atoms with E-state index in [9.17, 15) is 0 Å². The van der Waals surface area contributed by atoms with Crippen LogP contribution >= 0.6 is 0 Å². The fourth-order valence-corrected chi connectivity index (χ4v) is 11.3. The van der Waals surface area contributed by atoms with Crippen molar-refractivity contribution in [2.24, 2.45) is 0 Å². The molecule has 65 heavy (non-hydrogen) atoms. The SMILES string of the molecule is CC(C)(C)c1ccc(N2c3ccc(C(C)(C)c4ccccc4)cc3B3c4cc(C(C)(C)C)ccc4N(c4ccc(C(C)(C)c5ccccc5)cc4)c4cc(C5CCCCC5)cc2c43)cc1. The van der Waals surface area contributed by atoms with Gasteiger partial charge in [0.15, 0.2) is 0 Å². The van der Waals surface area contributed by atoms with Crippen LogP contribution in [0.2, 0.25) is 0 Å². The van der Waals surface area contributed by atoms with Crippen LogP contribution in [0.1, 0.15) is 146 Å². The number of hydrogen-bond acceptors (Lipinski definition) is 2. The summed E-state index contributed by atoms with van der Waals surface area (Å²) in [5, 5.41) is 0. The fraction of sp³-hybridized carbons (Fsp3) is 0.323. The van der Waals surface area contributed by atoms with Gasteiger partial charge in [-0.25, -0.2) is 0 Å². The van der Waals surface area contributed by atoms with Crippen molar-refractivity contribution in [1.82, 2.24) is 0 Å². The minimum atomic E-state index is -0.199. The normalized spacial score (nSPS) is 15.4. The molecule has 3 heteroatoms. The van der Waals surface area contributed by atoms with Gasteiger partial charge in [0.25, 0.3) is 6.71 Å². The van der Waals surface area contributed by atoms with Gasteiger partial charge < -0.3 is 9.80 Å². The molecule has 0 amide bonds. The molecule has 2 nitrogen and oxygen atoms in total. The minimum Gasteiger partial charge on any atom is -0.311 e. The van der Waals surface area contributed by atoms with E-state index >= 15 is 0 Å². The standard InChI is InChI=1S/C62H67BN2/c1-59(2,3)44-26-32-50(33-27-44)64-55-37-31-49(62(9,10)46-24-18-13-19-25-46)41-53(55)63-52-40-48(60(4,5)6)30-36-54(52)65(57-39-43(38-56(64)58(57)63)42-20-14-11-15-21-42)51-34-28-47(29-35-51)61(7,8)45-22-16-12-17-23-45/h12-13,16-19,22-42H,11,14-15,20-21H2,1-10H3. The molecule has 1 aliphatic carbocycles. The van der Waals surface area contributed by atoms with Gasteiger partial charge in [0, 0.05) is 45.0 Å². The molecule has 1 fully saturated rings. The van der Waals surface area contributed by atoms with Gasteiger partial charge in [-0.05, 0) is 133 Å². The number of rotatable bonds is 7. The van der Waals surface area contributed by atoms with Crippen LogP contribution in [0.3, 0.4) is 0 Å². The third-order valence-electron chi connectivity index (χ3n) is 15.6. The van der Waals surface area contributed by atoms with Crippen molar-refractivity contribution < 1.29 is 0 Å². The second-order valence-corrected chi connectivity index (χ2v) is 22.5. The molecular weight excluding hydrogens is 784 g/mol. The Bertz CT molecular complexity index is 2850. The smallest absolute Gasteiger partial charge is 0.252 e. The Balaban J connectivity index is 1.26. The van der Waals surface area contributed by atoms with Crippen molar-refractivity contribution in [3.63, 3.8) is 0 Å². The van der Waals surface area contributed by atoms with Crippen molar-refractivity contribution in [2.45, 2.75) is 129 Å². The second kappa shape index (κ2) is 16.0. The molecule has 0 saturated heterocycles. The molecular formula is C62H67BN2. The first kappa shape index (κ1) is 43.1. The Labute approximate surface area is 390 Å². The Morgan fingerprint density at radius 1 is 0.385 bits per heavy atom. The van der Waals surface area contributed by atoms with Crippen LogP contribution in [-0.2, 0) is 21.7 Å². The first-order chi connectivity index (χ1) is 31.0. The van der Waals surface area contributed by atoms with E-state index in [0.717, 1.165) is 0 Å². The van der Waals surface area contributed by atoms with Crippen LogP contribution in [0.25, 0.3) is 0 Å². The second-order valence-electron chi connectivity index (χ2n) is 22.5. The van der Waals surface area contributed by atoms with E-state index in [-0.39, 0.29) is 28.4 Å². The largest absolute Gasteiger partial charge is 0.311 e. The van der Waals surface area contributed by atoms with Gasteiger partial charge in [-0.3, -0.25) is 0 Å². The number of nitrogens with zero attached hydrogens (tertiary/aromatic N) is 2. The molecule has 0 atom stereocenters. The van der Waals surface area contributed by atoms with Gasteiger partial charge in [0.2, 0.25) is 0 Å². The zero-order valence-corrected chi connectivity index (χ0v) is 40.6. The third kappa shape index (κ3) is 7.54. The zero-order valence-electron chi connectivity index (χ0n) is 40.6. The van der Waals surface area contributed by atoms with Crippen molar-refractivity contribution in [3.8, 4) is 0 Å². The predicted octanol–water partition coefficient (Wildman–Crippen LogP) is 15.1. The maximum atomic E-state index is 2.63. The Morgan fingerprint density at radius 3 is 1.26 bits per heavy atom. The molecule has 0 aromatic heterocycles. The van der Waals surface area contributed by atoms with E-state index in [1.165, 1.54) is 122 Å². The van der Waals surface area contributed by atoms with E-state index in [2.05, 4.69) is 237 Å². The van der Waals surface area contributed by atoms with Gasteiger partial charge in [-0.15, -0.1) is 0 Å². The molecule has 10 rings (SSSR count). The molecule has 2 heterocycles. The molecule has 0 unspecified atom stereocenters. The van der Waals surface area contributed by atoms with Gasteiger partial charge >= 0.3 is 0 Å². The molecule has 7 aromatic carbocycles. The summed E-state index contributed by atoms with van der Waals surface area (Å²) < 4.78 is 0. The van der Waals surface area contributed by atoms with E-state index in [1.54, 1.807) is 0 Å². The van der Waals surface area contributed by atoms with Gasteiger partial charge in [-0.2, -0.15) is 0 Å². The maximum Gasteiger partial charge on any atom is 0.252 e. The van der Waals surface area contributed by atoms with Gasteiger partial charge in [0.1, 0.15) is 0 Å². The van der Waals surface area contributed by atoms with Crippen molar-refractivity contribution >= 4 is 57.2 Å². The summed E-state index contributed by atoms with van der Waals surface area (Å²) in [7, 11) is 0. The van der Waals surface area contributed by atoms with Crippen LogP contribution in [0.5, 0.6) is 0 Å². The number of fused-ring (bicyclic) bond motifs is 4. The summed E-state index contributed by atoms with van der Waals surface area (Å²) in [4.78, 5) is 5.26. The fourth-order valence-electron chi connectivity index (χ4n) is 11.3. The van der Waals surface area contributed by atoms with Gasteiger partial charge in [-0.1, -0.05) is 198 Å². The lowest BCUT2D eigenvalue weighted by Crippen LogP contribution is -2.61. The van der Waals surface area contributed by atoms with Crippen molar-refractivity contribution in [3.05, 3.63) is 197 Å². The van der Waals surface area contributed by atoms with Gasteiger partial charge in [0.05, 0.1) is 0 Å². The highest BCUT2D eigenvalue weighted by molar-refractivity contribution is 7.00. The Kier molecular flexibility index (Phi) is 10.6. The first-order valence-corrected chi connectivity index (χ1v) is 24.4. The molecule has 0 spiro atoms. The van der Waals surface area contributed by atoms with Crippen LogP contribution < -0.4 is 26.2 Å². The molecule has 0 bridgehead atoms. The average molecular weight is 851 g/mol. The first-order valence-electron chi connectivity index (χ1n) is 24.4. The third-order valence-corrected chi connectivity index (χ3v) is 15.6. The highest BCUT2D eigenvalue weighted by atomic mass is 15.2. The molecule has 7 aromatic rings. The zero-order chi connectivity index (χ0) is 45.5. The summed E-state index contributed by atoms with van der Waals surface area (Å²) in [6, 6.07) is 61.1. The van der Waals surface area contributed by atoms with Crippen molar-refractivity contribution in [1.29, 1.82) is 0 Å². The summed E-state index contributed by atoms with van der Waals surface area (Å²) >= 11 is 0. The molecule has 2 aliphatic heterocycles. The van der Waals surface area contributed by atoms with E-state index in [0.29, 0.717) is 5.92 Å².